The van der Waals surface area contributed by atoms with Crippen LogP contribution in [0.4, 0.5) is 10.5 Å². The van der Waals surface area contributed by atoms with Crippen molar-refractivity contribution in [3.8, 4) is 10.4 Å². The first kappa shape index (κ1) is 19.4. The van der Waals surface area contributed by atoms with Crippen molar-refractivity contribution < 1.29 is 14.7 Å². The highest BCUT2D eigenvalue weighted by Crippen LogP contribution is 2.27. The number of anilines is 1. The Labute approximate surface area is 163 Å². The Balaban J connectivity index is 1.58. The van der Waals surface area contributed by atoms with Gasteiger partial charge in [-0.25, -0.2) is 4.79 Å². The number of hydrogen-bond acceptors (Lipinski definition) is 4. The number of carboxylic acid groups (broad SMARTS) is 1. The molecule has 6 nitrogen and oxygen atoms in total. The molecule has 7 heteroatoms. The Morgan fingerprint density at radius 3 is 2.85 bits per heavy atom. The quantitative estimate of drug-likeness (QED) is 0.818. The van der Waals surface area contributed by atoms with Crippen molar-refractivity contribution >= 4 is 29.0 Å². The fourth-order valence-corrected chi connectivity index (χ4v) is 4.18. The van der Waals surface area contributed by atoms with Crippen molar-refractivity contribution in [3.05, 3.63) is 41.8 Å². The molecule has 144 valence electrons. The van der Waals surface area contributed by atoms with E-state index in [1.165, 1.54) is 4.88 Å². The third-order valence-corrected chi connectivity index (χ3v) is 5.83. The van der Waals surface area contributed by atoms with Gasteiger partial charge in [-0.1, -0.05) is 18.2 Å². The second-order valence-electron chi connectivity index (χ2n) is 6.87. The molecule has 2 heterocycles. The van der Waals surface area contributed by atoms with E-state index in [1.54, 1.807) is 11.3 Å². The van der Waals surface area contributed by atoms with Gasteiger partial charge in [-0.2, -0.15) is 0 Å². The summed E-state index contributed by atoms with van der Waals surface area (Å²) in [5.41, 5.74) is 1.88. The molecule has 1 aromatic carbocycles. The van der Waals surface area contributed by atoms with Gasteiger partial charge in [-0.05, 0) is 55.5 Å². The highest BCUT2D eigenvalue weighted by atomic mass is 32.1. The molecule has 2 N–H and O–H groups in total. The number of urea groups is 1. The van der Waals surface area contributed by atoms with E-state index in [1.807, 2.05) is 52.6 Å². The minimum atomic E-state index is -0.818. The van der Waals surface area contributed by atoms with Crippen molar-refractivity contribution in [3.63, 3.8) is 0 Å². The molecule has 1 fully saturated rings. The van der Waals surface area contributed by atoms with Crippen molar-refractivity contribution in [1.29, 1.82) is 0 Å². The average Bonchev–Trinajstić information content (AvgIpc) is 3.05. The van der Waals surface area contributed by atoms with E-state index >= 15 is 0 Å². The summed E-state index contributed by atoms with van der Waals surface area (Å²) in [5, 5.41) is 14.0. The van der Waals surface area contributed by atoms with Crippen LogP contribution in [0.2, 0.25) is 0 Å². The summed E-state index contributed by atoms with van der Waals surface area (Å²) in [4.78, 5) is 28.5. The number of thiophene rings is 1. The number of amides is 2. The Kier molecular flexibility index (Phi) is 6.47. The molecule has 0 radical (unpaired) electrons. The standard InChI is InChI=1S/C20H25N3O3S/c1-22(14-19(24)25)17-7-3-10-23(11-9-17)20(26)21-16-6-2-5-15(13-16)18-8-4-12-27-18/h2,4-6,8,12-13,17H,3,7,9-11,14H2,1H3,(H,21,26)(H,24,25). The molecule has 2 aromatic rings. The number of nitrogens with zero attached hydrogens (tertiary/aromatic N) is 2. The fourth-order valence-electron chi connectivity index (χ4n) is 3.46. The van der Waals surface area contributed by atoms with E-state index in [0.717, 1.165) is 30.5 Å². The Morgan fingerprint density at radius 1 is 1.26 bits per heavy atom. The monoisotopic (exact) mass is 387 g/mol. The highest BCUT2D eigenvalue weighted by Gasteiger charge is 2.24. The van der Waals surface area contributed by atoms with E-state index in [0.29, 0.717) is 13.1 Å². The van der Waals surface area contributed by atoms with Crippen LogP contribution in [0.25, 0.3) is 10.4 Å². The Morgan fingerprint density at radius 2 is 2.11 bits per heavy atom. The largest absolute Gasteiger partial charge is 0.480 e. The van der Waals surface area contributed by atoms with Crippen LogP contribution in [-0.2, 0) is 4.79 Å². The van der Waals surface area contributed by atoms with E-state index in [2.05, 4.69) is 11.4 Å². The van der Waals surface area contributed by atoms with Gasteiger partial charge in [0.1, 0.15) is 0 Å². The first-order chi connectivity index (χ1) is 13.0. The minimum Gasteiger partial charge on any atom is -0.480 e. The van der Waals surface area contributed by atoms with Crippen LogP contribution in [-0.4, -0.2) is 59.6 Å². The maximum absolute atomic E-state index is 12.7. The van der Waals surface area contributed by atoms with Gasteiger partial charge in [0, 0.05) is 29.7 Å². The van der Waals surface area contributed by atoms with E-state index in [9.17, 15) is 9.59 Å². The van der Waals surface area contributed by atoms with Crippen LogP contribution >= 0.6 is 11.3 Å². The molecule has 1 unspecified atom stereocenters. The Hall–Kier alpha value is -2.38. The molecule has 1 saturated heterocycles. The maximum atomic E-state index is 12.7. The lowest BCUT2D eigenvalue weighted by Crippen LogP contribution is -2.38. The summed E-state index contributed by atoms with van der Waals surface area (Å²) in [6.45, 7) is 1.35. The second-order valence-corrected chi connectivity index (χ2v) is 7.82. The maximum Gasteiger partial charge on any atom is 0.321 e. The van der Waals surface area contributed by atoms with E-state index in [-0.39, 0.29) is 18.6 Å². The molecule has 3 rings (SSSR count). The molecule has 27 heavy (non-hydrogen) atoms. The van der Waals surface area contributed by atoms with Gasteiger partial charge in [0.05, 0.1) is 6.54 Å². The second kappa shape index (κ2) is 9.01. The minimum absolute atomic E-state index is 0.0341. The first-order valence-electron chi connectivity index (χ1n) is 9.15. The van der Waals surface area contributed by atoms with Crippen LogP contribution in [0.1, 0.15) is 19.3 Å². The topological polar surface area (TPSA) is 72.9 Å². The lowest BCUT2D eigenvalue weighted by atomic mass is 10.1. The molecule has 0 bridgehead atoms. The number of nitrogens with one attached hydrogen (secondary N) is 1. The molecule has 1 atom stereocenters. The molecule has 2 amide bonds. The van der Waals surface area contributed by atoms with Gasteiger partial charge in [0.2, 0.25) is 0 Å². The predicted molar refractivity (Wildman–Crippen MR) is 108 cm³/mol. The number of aliphatic carboxylic acids is 1. The van der Waals surface area contributed by atoms with Crippen molar-refractivity contribution in [2.45, 2.75) is 25.3 Å². The third-order valence-electron chi connectivity index (χ3n) is 4.91. The first-order valence-corrected chi connectivity index (χ1v) is 10.0. The summed E-state index contributed by atoms with van der Waals surface area (Å²) in [7, 11) is 1.84. The lowest BCUT2D eigenvalue weighted by molar-refractivity contribution is -0.138. The molecular weight excluding hydrogens is 362 g/mol. The summed E-state index contributed by atoms with van der Waals surface area (Å²) in [5.74, 6) is -0.818. The summed E-state index contributed by atoms with van der Waals surface area (Å²) in [6, 6.07) is 12.1. The van der Waals surface area contributed by atoms with E-state index < -0.39 is 5.97 Å². The molecule has 1 aliphatic heterocycles. The molecule has 1 aromatic heterocycles. The molecule has 0 spiro atoms. The number of hydrogen-bond donors (Lipinski definition) is 2. The van der Waals surface area contributed by atoms with Gasteiger partial charge >= 0.3 is 12.0 Å². The lowest BCUT2D eigenvalue weighted by Gasteiger charge is -2.25. The van der Waals surface area contributed by atoms with Crippen molar-refractivity contribution in [1.82, 2.24) is 9.80 Å². The highest BCUT2D eigenvalue weighted by molar-refractivity contribution is 7.13. The molecule has 0 saturated carbocycles. The number of likely N-dealkylation sites (tertiary alicyclic amines) is 1. The number of benzene rings is 1. The van der Waals surface area contributed by atoms with Crippen LogP contribution in [0.5, 0.6) is 0 Å². The van der Waals surface area contributed by atoms with E-state index in [4.69, 9.17) is 5.11 Å². The van der Waals surface area contributed by atoms with Gasteiger partial charge in [0.25, 0.3) is 0 Å². The summed E-state index contributed by atoms with van der Waals surface area (Å²) >= 11 is 1.67. The van der Waals surface area contributed by atoms with Crippen LogP contribution in [0.3, 0.4) is 0 Å². The van der Waals surface area contributed by atoms with Crippen molar-refractivity contribution in [2.75, 3.05) is 32.0 Å². The average molecular weight is 388 g/mol. The van der Waals surface area contributed by atoms with Crippen LogP contribution in [0.15, 0.2) is 41.8 Å². The number of carbonyl (C=O) groups excluding carboxylic acids is 1. The summed E-state index contributed by atoms with van der Waals surface area (Å²) in [6.07, 6.45) is 2.56. The molecule has 0 aliphatic carbocycles. The molecule has 1 aliphatic rings. The zero-order valence-corrected chi connectivity index (χ0v) is 16.2. The third kappa shape index (κ3) is 5.30. The van der Waals surface area contributed by atoms with Gasteiger partial charge in [-0.15, -0.1) is 11.3 Å². The normalized spacial score (nSPS) is 17.6. The number of carbonyl (C=O) groups is 2. The number of carboxylic acids is 1. The van der Waals surface area contributed by atoms with Crippen molar-refractivity contribution in [2.24, 2.45) is 0 Å². The van der Waals surface area contributed by atoms with Crippen LogP contribution < -0.4 is 5.32 Å². The summed E-state index contributed by atoms with van der Waals surface area (Å²) < 4.78 is 0. The zero-order valence-electron chi connectivity index (χ0n) is 15.4. The van der Waals surface area contributed by atoms with Crippen LogP contribution in [0, 0.1) is 0 Å². The van der Waals surface area contributed by atoms with Gasteiger partial charge in [-0.3, -0.25) is 9.69 Å². The zero-order chi connectivity index (χ0) is 19.2. The SMILES string of the molecule is CN(CC(=O)O)C1CCCN(C(=O)Nc2cccc(-c3cccs3)c2)CC1. The number of likely N-dealkylation sites (N-methyl/N-ethyl adjacent to an activating group) is 1. The van der Waals surface area contributed by atoms with Gasteiger partial charge < -0.3 is 15.3 Å². The molecular formula is C20H25N3O3S. The predicted octanol–water partition coefficient (Wildman–Crippen LogP) is 3.82. The van der Waals surface area contributed by atoms with Gasteiger partial charge in [0.15, 0.2) is 0 Å². The smallest absolute Gasteiger partial charge is 0.321 e. The fraction of sp³-hybridized carbons (Fsp3) is 0.400. The number of rotatable bonds is 5. The Bertz CT molecular complexity index is 779.